The summed E-state index contributed by atoms with van der Waals surface area (Å²) >= 11 is 0. The molecule has 0 rings (SSSR count). The third kappa shape index (κ3) is 14.0. The van der Waals surface area contributed by atoms with Gasteiger partial charge in [-0.1, -0.05) is 84.5 Å². The van der Waals surface area contributed by atoms with E-state index >= 15 is 0 Å². The molecule has 0 saturated carbocycles. The summed E-state index contributed by atoms with van der Waals surface area (Å²) in [6, 6.07) is 0. The van der Waals surface area contributed by atoms with Gasteiger partial charge in [0.15, 0.2) is 5.66 Å². The Morgan fingerprint density at radius 2 is 1.16 bits per heavy atom. The van der Waals surface area contributed by atoms with Gasteiger partial charge in [0.1, 0.15) is 0 Å². The van der Waals surface area contributed by atoms with E-state index in [1.54, 1.807) is 0 Å². The van der Waals surface area contributed by atoms with Crippen molar-refractivity contribution in [2.75, 3.05) is 0 Å². The van der Waals surface area contributed by atoms with Crippen LogP contribution >= 0.6 is 0 Å². The van der Waals surface area contributed by atoms with Crippen LogP contribution in [-0.4, -0.2) is 17.6 Å². The van der Waals surface area contributed by atoms with Gasteiger partial charge in [0.25, 0.3) is 0 Å². The first-order valence-electron chi connectivity index (χ1n) is 10.3. The third-order valence-electron chi connectivity index (χ3n) is 4.52. The maximum Gasteiger partial charge on any atom is 0.348 e. The molecule has 0 aliphatic heterocycles. The van der Waals surface area contributed by atoms with Crippen LogP contribution in [0.15, 0.2) is 0 Å². The van der Waals surface area contributed by atoms with Crippen molar-refractivity contribution in [3.8, 4) is 0 Å². The Bertz CT molecular complexity index is 357. The molecular formula is C20H40N2O3. The van der Waals surface area contributed by atoms with Crippen LogP contribution in [0, 0.1) is 0 Å². The second-order valence-electron chi connectivity index (χ2n) is 7.19. The Morgan fingerprint density at radius 3 is 1.68 bits per heavy atom. The molecule has 5 nitrogen and oxygen atoms in total. The smallest absolute Gasteiger partial charge is 0.348 e. The van der Waals surface area contributed by atoms with Crippen molar-refractivity contribution >= 4 is 11.9 Å². The topological polar surface area (TPSA) is 95.4 Å². The normalized spacial score (nSPS) is 11.5. The number of carbonyl (C=O) groups excluding carboxylic acids is 2. The average molecular weight is 357 g/mol. The summed E-state index contributed by atoms with van der Waals surface area (Å²) < 4.78 is 4.83. The second-order valence-corrected chi connectivity index (χ2v) is 7.19. The van der Waals surface area contributed by atoms with E-state index in [2.05, 4.69) is 13.8 Å². The highest BCUT2D eigenvalue weighted by Gasteiger charge is 2.32. The minimum Gasteiger partial charge on any atom is -0.391 e. The van der Waals surface area contributed by atoms with E-state index in [9.17, 15) is 9.59 Å². The van der Waals surface area contributed by atoms with Crippen LogP contribution in [0.2, 0.25) is 0 Å². The lowest BCUT2D eigenvalue weighted by Crippen LogP contribution is -2.57. The number of unbranched alkanes of at least 4 members (excludes halogenated alkanes) is 11. The van der Waals surface area contributed by atoms with Crippen molar-refractivity contribution in [3.63, 3.8) is 0 Å². The molecule has 0 spiro atoms. The number of rotatable bonds is 16. The molecule has 148 valence electrons. The first kappa shape index (κ1) is 24.1. The number of hydrogen-bond acceptors (Lipinski definition) is 5. The summed E-state index contributed by atoms with van der Waals surface area (Å²) in [5.41, 5.74) is 10.1. The lowest BCUT2D eigenvalue weighted by Gasteiger charge is -2.21. The summed E-state index contributed by atoms with van der Waals surface area (Å²) in [6.07, 6.45) is 14.9. The van der Waals surface area contributed by atoms with Gasteiger partial charge < -0.3 is 16.2 Å². The molecule has 25 heavy (non-hydrogen) atoms. The maximum atomic E-state index is 12.0. The SMILES string of the molecule is CCCCCCCCCC(=O)OC(=O)C(N)(N)CCCCCCCC. The van der Waals surface area contributed by atoms with Crippen molar-refractivity contribution < 1.29 is 14.3 Å². The lowest BCUT2D eigenvalue weighted by molar-refractivity contribution is -0.164. The molecule has 0 heterocycles. The standard InChI is InChI=1S/C20H40N2O3/c1-3-5-7-9-11-12-14-16-18(23)25-19(24)20(21,22)17-15-13-10-8-6-4-2/h3-17,21-22H2,1-2H3. The fraction of sp³-hybridized carbons (Fsp3) is 0.900. The molecule has 0 radical (unpaired) electrons. The minimum atomic E-state index is -1.55. The zero-order valence-corrected chi connectivity index (χ0v) is 16.5. The van der Waals surface area contributed by atoms with Crippen LogP contribution in [-0.2, 0) is 14.3 Å². The Balaban J connectivity index is 3.79. The molecule has 0 aromatic rings. The third-order valence-corrected chi connectivity index (χ3v) is 4.52. The first-order valence-corrected chi connectivity index (χ1v) is 10.3. The highest BCUT2D eigenvalue weighted by Crippen LogP contribution is 2.13. The van der Waals surface area contributed by atoms with Crippen molar-refractivity contribution in [2.45, 2.75) is 116 Å². The highest BCUT2D eigenvalue weighted by atomic mass is 16.6. The van der Waals surface area contributed by atoms with E-state index in [0.717, 1.165) is 38.5 Å². The maximum absolute atomic E-state index is 12.0. The monoisotopic (exact) mass is 356 g/mol. The van der Waals surface area contributed by atoms with E-state index in [4.69, 9.17) is 16.2 Å². The second kappa shape index (κ2) is 15.3. The summed E-state index contributed by atoms with van der Waals surface area (Å²) in [5.74, 6) is -1.31. The Labute approximate surface area is 154 Å². The molecule has 0 unspecified atom stereocenters. The van der Waals surface area contributed by atoms with Crippen LogP contribution in [0.1, 0.15) is 110 Å². The summed E-state index contributed by atoms with van der Waals surface area (Å²) in [6.45, 7) is 4.36. The number of carbonyl (C=O) groups is 2. The molecule has 0 saturated heterocycles. The molecule has 0 atom stereocenters. The van der Waals surface area contributed by atoms with Crippen molar-refractivity contribution in [2.24, 2.45) is 11.5 Å². The fourth-order valence-corrected chi connectivity index (χ4v) is 2.78. The van der Waals surface area contributed by atoms with Gasteiger partial charge in [0.2, 0.25) is 0 Å². The largest absolute Gasteiger partial charge is 0.391 e. The number of hydrogen-bond donors (Lipinski definition) is 2. The molecule has 0 aliphatic rings. The number of nitrogens with two attached hydrogens (primary N) is 2. The van der Waals surface area contributed by atoms with Crippen molar-refractivity contribution in [1.82, 2.24) is 0 Å². The summed E-state index contributed by atoms with van der Waals surface area (Å²) in [7, 11) is 0. The fourth-order valence-electron chi connectivity index (χ4n) is 2.78. The Hall–Kier alpha value is -0.940. The highest BCUT2D eigenvalue weighted by molar-refractivity contribution is 5.90. The first-order chi connectivity index (χ1) is 11.9. The zero-order chi connectivity index (χ0) is 19.0. The van der Waals surface area contributed by atoms with Gasteiger partial charge >= 0.3 is 11.9 Å². The lowest BCUT2D eigenvalue weighted by atomic mass is 10.0. The Morgan fingerprint density at radius 1 is 0.720 bits per heavy atom. The van der Waals surface area contributed by atoms with Gasteiger partial charge in [0.05, 0.1) is 0 Å². The predicted molar refractivity (Wildman–Crippen MR) is 103 cm³/mol. The van der Waals surface area contributed by atoms with E-state index in [-0.39, 0.29) is 6.42 Å². The van der Waals surface area contributed by atoms with Gasteiger partial charge in [0, 0.05) is 6.42 Å². The molecule has 4 N–H and O–H groups in total. The van der Waals surface area contributed by atoms with E-state index in [0.29, 0.717) is 6.42 Å². The van der Waals surface area contributed by atoms with Crippen LogP contribution < -0.4 is 11.5 Å². The van der Waals surface area contributed by atoms with Crippen LogP contribution in [0.25, 0.3) is 0 Å². The van der Waals surface area contributed by atoms with E-state index < -0.39 is 17.6 Å². The molecule has 0 fully saturated rings. The van der Waals surface area contributed by atoms with Gasteiger partial charge in [-0.25, -0.2) is 4.79 Å². The molecule has 0 aromatic heterocycles. The van der Waals surface area contributed by atoms with Crippen LogP contribution in [0.3, 0.4) is 0 Å². The van der Waals surface area contributed by atoms with Gasteiger partial charge in [-0.15, -0.1) is 0 Å². The molecule has 0 aliphatic carbocycles. The van der Waals surface area contributed by atoms with E-state index in [1.165, 1.54) is 44.9 Å². The molecule has 5 heteroatoms. The van der Waals surface area contributed by atoms with Crippen LogP contribution in [0.4, 0.5) is 0 Å². The quantitative estimate of drug-likeness (QED) is 0.183. The zero-order valence-electron chi connectivity index (χ0n) is 16.5. The van der Waals surface area contributed by atoms with Gasteiger partial charge in [-0.2, -0.15) is 0 Å². The minimum absolute atomic E-state index is 0.257. The molecule has 0 aromatic carbocycles. The number of esters is 2. The van der Waals surface area contributed by atoms with E-state index in [1.807, 2.05) is 0 Å². The van der Waals surface area contributed by atoms with Gasteiger partial charge in [-0.05, 0) is 19.3 Å². The number of ether oxygens (including phenoxy) is 1. The van der Waals surface area contributed by atoms with Crippen molar-refractivity contribution in [3.05, 3.63) is 0 Å². The molecule has 0 bridgehead atoms. The van der Waals surface area contributed by atoms with Crippen molar-refractivity contribution in [1.29, 1.82) is 0 Å². The average Bonchev–Trinajstić information content (AvgIpc) is 2.57. The summed E-state index contributed by atoms with van der Waals surface area (Å²) in [4.78, 5) is 23.7. The summed E-state index contributed by atoms with van der Waals surface area (Å²) in [5, 5.41) is 0. The Kier molecular flexibility index (Phi) is 14.7. The molecule has 0 amide bonds. The molecular weight excluding hydrogens is 316 g/mol. The van der Waals surface area contributed by atoms with Crippen LogP contribution in [0.5, 0.6) is 0 Å². The van der Waals surface area contributed by atoms with Gasteiger partial charge in [-0.3, -0.25) is 4.79 Å². The predicted octanol–water partition coefficient (Wildman–Crippen LogP) is 4.56.